The predicted octanol–water partition coefficient (Wildman–Crippen LogP) is 1.64. The smallest absolute Gasteiger partial charge is 0.290 e. The van der Waals surface area contributed by atoms with Crippen LogP contribution in [0.4, 0.5) is 0 Å². The van der Waals surface area contributed by atoms with Gasteiger partial charge < -0.3 is 9.26 Å². The van der Waals surface area contributed by atoms with Gasteiger partial charge in [-0.2, -0.15) is 4.98 Å². The van der Waals surface area contributed by atoms with Gasteiger partial charge >= 0.3 is 0 Å². The van der Waals surface area contributed by atoms with Crippen molar-refractivity contribution in [2.24, 2.45) is 0 Å². The summed E-state index contributed by atoms with van der Waals surface area (Å²) in [6.45, 7) is 1.05. The topological polar surface area (TPSA) is 65.2 Å². The van der Waals surface area contributed by atoms with Gasteiger partial charge in [0.15, 0.2) is 5.82 Å². The van der Waals surface area contributed by atoms with Crippen LogP contribution in [0.1, 0.15) is 22.1 Å². The Hall–Kier alpha value is -2.01. The van der Waals surface area contributed by atoms with Crippen molar-refractivity contribution in [2.45, 2.75) is 13.0 Å². The highest BCUT2D eigenvalue weighted by Crippen LogP contribution is 2.01. The monoisotopic (exact) mass is 232 g/mol. The molecule has 0 aliphatic rings. The maximum absolute atomic E-state index is 10.3. The summed E-state index contributed by atoms with van der Waals surface area (Å²) in [4.78, 5) is 14.2. The number of nitrogens with zero attached hydrogens (tertiary/aromatic N) is 2. The van der Waals surface area contributed by atoms with Crippen LogP contribution in [0.25, 0.3) is 0 Å². The minimum atomic E-state index is 0.00283. The summed E-state index contributed by atoms with van der Waals surface area (Å²) in [5.74, 6) is 0.489. The first-order chi connectivity index (χ1) is 8.38. The first-order valence-electron chi connectivity index (χ1n) is 5.28. The number of benzene rings is 1. The first kappa shape index (κ1) is 11.5. The van der Waals surface area contributed by atoms with E-state index in [9.17, 15) is 4.79 Å². The van der Waals surface area contributed by atoms with Crippen LogP contribution >= 0.6 is 0 Å². The van der Waals surface area contributed by atoms with Gasteiger partial charge in [0.25, 0.3) is 5.89 Å². The van der Waals surface area contributed by atoms with Gasteiger partial charge in [0.05, 0.1) is 13.2 Å². The van der Waals surface area contributed by atoms with Gasteiger partial charge in [-0.1, -0.05) is 35.5 Å². The quantitative estimate of drug-likeness (QED) is 0.559. The highest BCUT2D eigenvalue weighted by molar-refractivity contribution is 5.66. The molecule has 1 aromatic carbocycles. The van der Waals surface area contributed by atoms with Gasteiger partial charge in [0, 0.05) is 6.42 Å². The third-order valence-electron chi connectivity index (χ3n) is 2.17. The number of rotatable bonds is 6. The summed E-state index contributed by atoms with van der Waals surface area (Å²) in [6, 6.07) is 9.89. The molecule has 2 rings (SSSR count). The lowest BCUT2D eigenvalue weighted by Crippen LogP contribution is -2.00. The van der Waals surface area contributed by atoms with Gasteiger partial charge in [0.2, 0.25) is 6.29 Å². The Balaban J connectivity index is 1.71. The Morgan fingerprint density at radius 3 is 2.82 bits per heavy atom. The molecule has 0 unspecified atom stereocenters. The van der Waals surface area contributed by atoms with E-state index in [0.29, 0.717) is 31.7 Å². The van der Waals surface area contributed by atoms with Crippen LogP contribution in [0.5, 0.6) is 0 Å². The Morgan fingerprint density at radius 2 is 2.12 bits per heavy atom. The second kappa shape index (κ2) is 5.91. The lowest BCUT2D eigenvalue weighted by atomic mass is 10.2. The van der Waals surface area contributed by atoms with E-state index in [1.165, 1.54) is 0 Å². The molecule has 0 spiro atoms. The minimum absolute atomic E-state index is 0.00283. The molecule has 0 aliphatic heterocycles. The second-order valence-corrected chi connectivity index (χ2v) is 3.45. The van der Waals surface area contributed by atoms with Gasteiger partial charge in [-0.15, -0.1) is 0 Å². The average molecular weight is 232 g/mol. The number of hydrogen-bond acceptors (Lipinski definition) is 5. The van der Waals surface area contributed by atoms with Crippen LogP contribution in [0.3, 0.4) is 0 Å². The molecule has 5 heteroatoms. The standard InChI is InChI=1S/C12H12N2O3/c15-8-12-13-11(14-17-12)6-7-16-9-10-4-2-1-3-5-10/h1-5,8H,6-7,9H2. The fraction of sp³-hybridized carbons (Fsp3) is 0.250. The van der Waals surface area contributed by atoms with E-state index in [2.05, 4.69) is 14.7 Å². The van der Waals surface area contributed by atoms with E-state index in [1.807, 2.05) is 30.3 Å². The van der Waals surface area contributed by atoms with E-state index in [4.69, 9.17) is 4.74 Å². The van der Waals surface area contributed by atoms with Gasteiger partial charge in [-0.3, -0.25) is 4.79 Å². The molecule has 1 aromatic heterocycles. The highest BCUT2D eigenvalue weighted by atomic mass is 16.5. The minimum Gasteiger partial charge on any atom is -0.376 e. The van der Waals surface area contributed by atoms with Crippen molar-refractivity contribution in [3.63, 3.8) is 0 Å². The Bertz CT molecular complexity index is 468. The van der Waals surface area contributed by atoms with E-state index in [0.717, 1.165) is 5.56 Å². The van der Waals surface area contributed by atoms with E-state index < -0.39 is 0 Å². The summed E-state index contributed by atoms with van der Waals surface area (Å²) >= 11 is 0. The maximum Gasteiger partial charge on any atom is 0.290 e. The molecule has 0 radical (unpaired) electrons. The Kier molecular flexibility index (Phi) is 3.99. The third kappa shape index (κ3) is 3.49. The number of ether oxygens (including phenoxy) is 1. The summed E-state index contributed by atoms with van der Waals surface area (Å²) < 4.78 is 10.1. The van der Waals surface area contributed by atoms with Crippen molar-refractivity contribution >= 4 is 6.29 Å². The summed E-state index contributed by atoms with van der Waals surface area (Å²) in [6.07, 6.45) is 1.06. The van der Waals surface area contributed by atoms with Crippen LogP contribution in [-0.4, -0.2) is 23.0 Å². The van der Waals surface area contributed by atoms with Crippen LogP contribution in [-0.2, 0) is 17.8 Å². The van der Waals surface area contributed by atoms with Crippen LogP contribution in [0, 0.1) is 0 Å². The molecule has 0 atom stereocenters. The molecule has 1 heterocycles. The zero-order valence-corrected chi connectivity index (χ0v) is 9.20. The predicted molar refractivity (Wildman–Crippen MR) is 59.5 cm³/mol. The second-order valence-electron chi connectivity index (χ2n) is 3.45. The van der Waals surface area contributed by atoms with Crippen LogP contribution in [0.15, 0.2) is 34.9 Å². The molecule has 0 fully saturated rings. The SMILES string of the molecule is O=Cc1nc(CCOCc2ccccc2)no1. The number of carbonyl (C=O) groups excluding carboxylic acids is 1. The van der Waals surface area contributed by atoms with Crippen LogP contribution < -0.4 is 0 Å². The fourth-order valence-electron chi connectivity index (χ4n) is 1.34. The normalized spacial score (nSPS) is 10.4. The highest BCUT2D eigenvalue weighted by Gasteiger charge is 2.04. The first-order valence-corrected chi connectivity index (χ1v) is 5.28. The lowest BCUT2D eigenvalue weighted by molar-refractivity contribution is 0.108. The summed E-state index contributed by atoms with van der Waals surface area (Å²) in [5, 5.41) is 3.63. The van der Waals surface area contributed by atoms with Gasteiger partial charge in [-0.25, -0.2) is 0 Å². The van der Waals surface area contributed by atoms with Crippen molar-refractivity contribution in [1.29, 1.82) is 0 Å². The zero-order chi connectivity index (χ0) is 11.9. The molecule has 0 bridgehead atoms. The van der Waals surface area contributed by atoms with Crippen molar-refractivity contribution in [3.05, 3.63) is 47.6 Å². The molecular weight excluding hydrogens is 220 g/mol. The van der Waals surface area contributed by atoms with Crippen molar-refractivity contribution < 1.29 is 14.1 Å². The number of aromatic nitrogens is 2. The molecule has 0 saturated carbocycles. The molecular formula is C12H12N2O3. The van der Waals surface area contributed by atoms with Crippen molar-refractivity contribution in [1.82, 2.24) is 10.1 Å². The zero-order valence-electron chi connectivity index (χ0n) is 9.20. The molecule has 5 nitrogen and oxygen atoms in total. The average Bonchev–Trinajstić information content (AvgIpc) is 2.84. The van der Waals surface area contributed by atoms with Gasteiger partial charge in [0.1, 0.15) is 0 Å². The number of aldehydes is 1. The molecule has 0 aliphatic carbocycles. The lowest BCUT2D eigenvalue weighted by Gasteiger charge is -2.01. The molecule has 0 amide bonds. The third-order valence-corrected chi connectivity index (χ3v) is 2.17. The molecule has 17 heavy (non-hydrogen) atoms. The van der Waals surface area contributed by atoms with E-state index in [-0.39, 0.29) is 5.89 Å². The Labute approximate surface area is 98.4 Å². The van der Waals surface area contributed by atoms with E-state index in [1.54, 1.807) is 0 Å². The summed E-state index contributed by atoms with van der Waals surface area (Å²) in [5.41, 5.74) is 1.12. The maximum atomic E-state index is 10.3. The van der Waals surface area contributed by atoms with Crippen molar-refractivity contribution in [2.75, 3.05) is 6.61 Å². The molecule has 2 aromatic rings. The number of hydrogen-bond donors (Lipinski definition) is 0. The van der Waals surface area contributed by atoms with Gasteiger partial charge in [-0.05, 0) is 5.56 Å². The largest absolute Gasteiger partial charge is 0.376 e. The number of carbonyl (C=O) groups is 1. The van der Waals surface area contributed by atoms with E-state index >= 15 is 0 Å². The fourth-order valence-corrected chi connectivity index (χ4v) is 1.34. The van der Waals surface area contributed by atoms with Crippen LogP contribution in [0.2, 0.25) is 0 Å². The molecule has 88 valence electrons. The van der Waals surface area contributed by atoms with Crippen molar-refractivity contribution in [3.8, 4) is 0 Å². The summed E-state index contributed by atoms with van der Waals surface area (Å²) in [7, 11) is 0. The molecule has 0 saturated heterocycles. The molecule has 0 N–H and O–H groups in total. The Morgan fingerprint density at radius 1 is 1.29 bits per heavy atom.